The van der Waals surface area contributed by atoms with Crippen molar-refractivity contribution in [3.05, 3.63) is 72.3 Å². The first-order valence-electron chi connectivity index (χ1n) is 9.75. The van der Waals surface area contributed by atoms with E-state index >= 15 is 0 Å². The van der Waals surface area contributed by atoms with Crippen LogP contribution in [0.2, 0.25) is 0 Å². The minimum Gasteiger partial charge on any atom is -0.507 e. The average Bonchev–Trinajstić information content (AvgIpc) is 3.17. The van der Waals surface area contributed by atoms with E-state index in [4.69, 9.17) is 0 Å². The molecule has 0 aliphatic carbocycles. The highest BCUT2D eigenvalue weighted by atomic mass is 35.5. The number of nitrogens with one attached hydrogen (secondary N) is 1. The Morgan fingerprint density at radius 1 is 0.909 bits per heavy atom. The molecule has 4 aromatic carbocycles. The van der Waals surface area contributed by atoms with Gasteiger partial charge in [-0.05, 0) is 30.7 Å². The zero-order valence-corrected chi connectivity index (χ0v) is 18.9. The summed E-state index contributed by atoms with van der Waals surface area (Å²) >= 11 is 0. The Labute approximate surface area is 195 Å². The Morgan fingerprint density at radius 3 is 2.27 bits per heavy atom. The fourth-order valence-corrected chi connectivity index (χ4v) is 4.64. The van der Waals surface area contributed by atoms with Gasteiger partial charge in [0, 0.05) is 10.9 Å². The van der Waals surface area contributed by atoms with Crippen molar-refractivity contribution >= 4 is 44.3 Å². The summed E-state index contributed by atoms with van der Waals surface area (Å²) in [6, 6.07) is 18.7. The molecule has 0 amide bonds. The summed E-state index contributed by atoms with van der Waals surface area (Å²) in [5, 5.41) is 21.8. The molecule has 33 heavy (non-hydrogen) atoms. The number of rotatable bonds is 3. The molecule has 7 nitrogen and oxygen atoms in total. The molecule has 5 aromatic rings. The topological polar surface area (TPSA) is 124 Å². The van der Waals surface area contributed by atoms with Crippen LogP contribution in [0.25, 0.3) is 44.3 Å². The van der Waals surface area contributed by atoms with Crippen molar-refractivity contribution in [2.24, 2.45) is 0 Å². The zero-order chi connectivity index (χ0) is 22.6. The number of fused-ring (bicyclic) bond motifs is 3. The average molecular weight is 483 g/mol. The van der Waals surface area contributed by atoms with Crippen molar-refractivity contribution in [3.8, 4) is 34.0 Å². The highest BCUT2D eigenvalue weighted by Crippen LogP contribution is 2.40. The summed E-state index contributed by atoms with van der Waals surface area (Å²) < 4.78 is 33.6. The number of hydrogen-bond acceptors (Lipinski definition) is 5. The smallest absolute Gasteiger partial charge is 0.295 e. The number of halogens is 1. The molecular weight excluding hydrogens is 464 g/mol. The first kappa shape index (κ1) is 22.6. The molecule has 0 saturated heterocycles. The van der Waals surface area contributed by atoms with E-state index < -0.39 is 10.1 Å². The normalized spacial score (nSPS) is 11.6. The van der Waals surface area contributed by atoms with Crippen LogP contribution in [0.4, 0.5) is 0 Å². The summed E-state index contributed by atoms with van der Waals surface area (Å²) in [6.07, 6.45) is 0. The Morgan fingerprint density at radius 2 is 1.58 bits per heavy atom. The largest absolute Gasteiger partial charge is 0.507 e. The van der Waals surface area contributed by atoms with Crippen molar-refractivity contribution in [1.82, 2.24) is 9.97 Å². The van der Waals surface area contributed by atoms with E-state index in [0.717, 1.165) is 11.1 Å². The van der Waals surface area contributed by atoms with E-state index in [0.29, 0.717) is 28.0 Å². The molecule has 1 heterocycles. The molecule has 0 fully saturated rings. The lowest BCUT2D eigenvalue weighted by atomic mass is 10.0. The Hall–Kier alpha value is -3.59. The number of hydrogen-bond donors (Lipinski definition) is 4. The quantitative estimate of drug-likeness (QED) is 0.254. The first-order chi connectivity index (χ1) is 15.2. The monoisotopic (exact) mass is 482 g/mol. The molecule has 0 atom stereocenters. The molecule has 168 valence electrons. The van der Waals surface area contributed by atoms with E-state index in [1.54, 1.807) is 18.2 Å². The van der Waals surface area contributed by atoms with Crippen LogP contribution in [0.5, 0.6) is 11.5 Å². The second kappa shape index (κ2) is 8.08. The van der Waals surface area contributed by atoms with Crippen LogP contribution in [0.1, 0.15) is 5.56 Å². The number of aryl methyl sites for hydroxylation is 1. The second-order valence-corrected chi connectivity index (χ2v) is 8.99. The zero-order valence-electron chi connectivity index (χ0n) is 17.3. The number of para-hydroxylation sites is 1. The van der Waals surface area contributed by atoms with Gasteiger partial charge in [0.25, 0.3) is 10.1 Å². The Balaban J connectivity index is 0.00000259. The van der Waals surface area contributed by atoms with Crippen molar-refractivity contribution < 1.29 is 23.2 Å². The van der Waals surface area contributed by atoms with E-state index in [-0.39, 0.29) is 39.6 Å². The molecule has 0 spiro atoms. The highest BCUT2D eigenvalue weighted by Gasteiger charge is 2.22. The number of H-pyrrole nitrogens is 1. The van der Waals surface area contributed by atoms with Gasteiger partial charge in [0.15, 0.2) is 0 Å². The maximum atomic E-state index is 12.0. The summed E-state index contributed by atoms with van der Waals surface area (Å²) in [5.74, 6) is 0.135. The predicted octanol–water partition coefficient (Wildman–Crippen LogP) is 5.44. The van der Waals surface area contributed by atoms with Crippen LogP contribution in [0, 0.1) is 6.92 Å². The summed E-state index contributed by atoms with van der Waals surface area (Å²) in [7, 11) is -4.56. The van der Waals surface area contributed by atoms with Gasteiger partial charge in [0.05, 0.1) is 16.5 Å². The Kier molecular flexibility index (Phi) is 5.53. The molecule has 0 aliphatic heterocycles. The third kappa shape index (κ3) is 3.78. The predicted molar refractivity (Wildman–Crippen MR) is 130 cm³/mol. The standard InChI is InChI=1S/C24H18N2O5S.ClH/c1-13-8-10-14(11-9-13)15-4-2-6-17(23(15)28)24-25-18-12-20(32(29,30)31)16-5-3-7-19(27)21(16)22(18)26-24;/h2-12,27-28H,1H3,(H,25,26)(H,29,30,31);1H. The number of imidazole rings is 1. The van der Waals surface area contributed by atoms with E-state index in [1.807, 2.05) is 31.2 Å². The van der Waals surface area contributed by atoms with Crippen molar-refractivity contribution in [2.45, 2.75) is 11.8 Å². The molecular formula is C24H19ClN2O5S. The van der Waals surface area contributed by atoms with Crippen LogP contribution in [0.3, 0.4) is 0 Å². The van der Waals surface area contributed by atoms with Gasteiger partial charge >= 0.3 is 0 Å². The van der Waals surface area contributed by atoms with Crippen molar-refractivity contribution in [1.29, 1.82) is 0 Å². The minimum absolute atomic E-state index is 0. The molecule has 0 bridgehead atoms. The van der Waals surface area contributed by atoms with Gasteiger partial charge in [-0.25, -0.2) is 4.98 Å². The van der Waals surface area contributed by atoms with E-state index in [9.17, 15) is 23.2 Å². The molecule has 0 radical (unpaired) electrons. The van der Waals surface area contributed by atoms with E-state index in [1.165, 1.54) is 24.3 Å². The third-order valence-electron chi connectivity index (χ3n) is 5.48. The highest BCUT2D eigenvalue weighted by molar-refractivity contribution is 7.86. The molecule has 0 saturated carbocycles. The van der Waals surface area contributed by atoms with Crippen LogP contribution in [0.15, 0.2) is 71.6 Å². The third-order valence-corrected chi connectivity index (χ3v) is 6.38. The second-order valence-electron chi connectivity index (χ2n) is 7.60. The number of aromatic amines is 1. The molecule has 9 heteroatoms. The lowest BCUT2D eigenvalue weighted by Crippen LogP contribution is -1.99. The van der Waals surface area contributed by atoms with Gasteiger partial charge in [0.2, 0.25) is 0 Å². The van der Waals surface area contributed by atoms with Gasteiger partial charge < -0.3 is 15.2 Å². The van der Waals surface area contributed by atoms with Gasteiger partial charge in [-0.15, -0.1) is 12.4 Å². The molecule has 1 aromatic heterocycles. The lowest BCUT2D eigenvalue weighted by Gasteiger charge is -2.09. The minimum atomic E-state index is -4.56. The Bertz CT molecular complexity index is 1630. The van der Waals surface area contributed by atoms with Crippen molar-refractivity contribution in [3.63, 3.8) is 0 Å². The SMILES string of the molecule is Cc1ccc(-c2cccc(-c3nc4c(cc(S(=O)(=O)O)c5cccc(O)c54)[nH]3)c2O)cc1.Cl. The maximum Gasteiger partial charge on any atom is 0.295 e. The van der Waals surface area contributed by atoms with Gasteiger partial charge in [-0.3, -0.25) is 4.55 Å². The number of nitrogens with zero attached hydrogens (tertiary/aromatic N) is 1. The fraction of sp³-hybridized carbons (Fsp3) is 0.0417. The summed E-state index contributed by atoms with van der Waals surface area (Å²) in [6.45, 7) is 1.98. The summed E-state index contributed by atoms with van der Waals surface area (Å²) in [4.78, 5) is 7.22. The first-order valence-corrected chi connectivity index (χ1v) is 11.2. The number of benzene rings is 4. The molecule has 5 rings (SSSR count). The van der Waals surface area contributed by atoms with Crippen LogP contribution >= 0.6 is 12.4 Å². The van der Waals surface area contributed by atoms with Crippen LogP contribution in [-0.4, -0.2) is 33.2 Å². The summed E-state index contributed by atoms with van der Waals surface area (Å²) in [5.41, 5.74) is 3.58. The number of aromatic hydroxyl groups is 2. The van der Waals surface area contributed by atoms with Crippen LogP contribution in [-0.2, 0) is 10.1 Å². The van der Waals surface area contributed by atoms with Gasteiger partial charge in [-0.1, -0.05) is 54.1 Å². The molecule has 0 aliphatic rings. The molecule has 0 unspecified atom stereocenters. The van der Waals surface area contributed by atoms with E-state index in [2.05, 4.69) is 9.97 Å². The lowest BCUT2D eigenvalue weighted by molar-refractivity contribution is 0.478. The fourth-order valence-electron chi connectivity index (χ4n) is 3.93. The molecule has 4 N–H and O–H groups in total. The maximum absolute atomic E-state index is 12.0. The number of phenols is 2. The van der Waals surface area contributed by atoms with Gasteiger partial charge in [0.1, 0.15) is 27.7 Å². The number of phenolic OH excluding ortho intramolecular Hbond substituents is 2. The van der Waals surface area contributed by atoms with Crippen LogP contribution < -0.4 is 0 Å². The van der Waals surface area contributed by atoms with Gasteiger partial charge in [-0.2, -0.15) is 8.42 Å². The number of aromatic nitrogens is 2. The van der Waals surface area contributed by atoms with Crippen molar-refractivity contribution in [2.75, 3.05) is 0 Å².